The van der Waals surface area contributed by atoms with Gasteiger partial charge in [0.05, 0.1) is 11.9 Å². The van der Waals surface area contributed by atoms with Gasteiger partial charge in [0.1, 0.15) is 17.5 Å². The molecular weight excluding hydrogens is 426 g/mol. The lowest BCUT2D eigenvalue weighted by Crippen LogP contribution is -2.71. The zero-order chi connectivity index (χ0) is 22.4. The summed E-state index contributed by atoms with van der Waals surface area (Å²) < 4.78 is 26.9. The SMILES string of the molecule is O=C(N1CC2(CC(Cc3ncc(F)cc3F)C2)C1)N1CC2(CC(c3n[nH]c(C4CC4)n3)C2)C1. The molecule has 2 aromatic heterocycles. The molecule has 0 unspecified atom stereocenters. The van der Waals surface area contributed by atoms with E-state index in [1.165, 1.54) is 12.8 Å². The van der Waals surface area contributed by atoms with Crippen LogP contribution < -0.4 is 0 Å². The van der Waals surface area contributed by atoms with E-state index in [4.69, 9.17) is 4.98 Å². The third-order valence-corrected chi connectivity index (χ3v) is 8.66. The van der Waals surface area contributed by atoms with E-state index >= 15 is 0 Å². The Labute approximate surface area is 191 Å². The summed E-state index contributed by atoms with van der Waals surface area (Å²) in [5.74, 6) is 2.23. The normalized spacial score (nSPS) is 25.5. The van der Waals surface area contributed by atoms with Crippen molar-refractivity contribution in [1.82, 2.24) is 30.0 Å². The Morgan fingerprint density at radius 1 is 1.03 bits per heavy atom. The van der Waals surface area contributed by atoms with E-state index in [9.17, 15) is 13.6 Å². The van der Waals surface area contributed by atoms with Crippen molar-refractivity contribution >= 4 is 6.03 Å². The van der Waals surface area contributed by atoms with Crippen molar-refractivity contribution < 1.29 is 13.6 Å². The number of carbonyl (C=O) groups excluding carboxylic acids is 1. The molecule has 5 aliphatic rings. The Bertz CT molecular complexity index is 1100. The number of amides is 2. The molecule has 0 aromatic carbocycles. The van der Waals surface area contributed by atoms with E-state index in [1.807, 2.05) is 9.80 Å². The minimum absolute atomic E-state index is 0.165. The first kappa shape index (κ1) is 19.9. The number of likely N-dealkylation sites (tertiary alicyclic amines) is 2. The predicted octanol–water partition coefficient (Wildman–Crippen LogP) is 3.61. The number of hydrogen-bond acceptors (Lipinski definition) is 4. The molecule has 5 fully saturated rings. The standard InChI is InChI=1S/C24H28F2N6O/c25-17-4-18(26)19(27-9-17)3-14-5-23(6-14)10-31(11-23)22(33)32-12-24(13-32)7-16(8-24)21-28-20(29-30-21)15-1-2-15/h4,9,14-16H,1-3,5-8,10-13H2,(H,28,29,30). The van der Waals surface area contributed by atoms with E-state index in [-0.39, 0.29) is 16.9 Å². The van der Waals surface area contributed by atoms with Gasteiger partial charge in [-0.25, -0.2) is 18.6 Å². The third-order valence-electron chi connectivity index (χ3n) is 8.66. The number of carbonyl (C=O) groups is 1. The van der Waals surface area contributed by atoms with Crippen LogP contribution in [0.2, 0.25) is 0 Å². The van der Waals surface area contributed by atoms with Crippen molar-refractivity contribution in [2.45, 2.75) is 56.8 Å². The lowest BCUT2D eigenvalue weighted by Gasteiger charge is -2.63. The molecule has 7 rings (SSSR count). The zero-order valence-electron chi connectivity index (χ0n) is 18.6. The Balaban J connectivity index is 0.856. The number of halogens is 2. The molecule has 9 heteroatoms. The molecule has 0 atom stereocenters. The molecule has 0 bridgehead atoms. The van der Waals surface area contributed by atoms with Gasteiger partial charge in [-0.05, 0) is 50.9 Å². The average Bonchev–Trinajstić information content (AvgIpc) is 3.40. The van der Waals surface area contributed by atoms with E-state index in [0.29, 0.717) is 29.9 Å². The number of urea groups is 1. The number of nitrogens with one attached hydrogen (secondary N) is 1. The van der Waals surface area contributed by atoms with E-state index in [1.54, 1.807) is 0 Å². The fourth-order valence-electron chi connectivity index (χ4n) is 6.87. The van der Waals surface area contributed by atoms with Crippen molar-refractivity contribution in [2.24, 2.45) is 16.7 Å². The molecule has 3 saturated carbocycles. The highest BCUT2D eigenvalue weighted by molar-refractivity contribution is 5.77. The van der Waals surface area contributed by atoms with Crippen LogP contribution in [0.4, 0.5) is 13.6 Å². The molecule has 4 heterocycles. The maximum Gasteiger partial charge on any atom is 0.320 e. The van der Waals surface area contributed by atoms with Gasteiger partial charge in [-0.2, -0.15) is 5.10 Å². The first-order valence-corrected chi connectivity index (χ1v) is 12.2. The number of aromatic nitrogens is 4. The predicted molar refractivity (Wildman–Crippen MR) is 114 cm³/mol. The molecule has 2 saturated heterocycles. The monoisotopic (exact) mass is 454 g/mol. The van der Waals surface area contributed by atoms with Gasteiger partial charge in [0.25, 0.3) is 0 Å². The lowest BCUT2D eigenvalue weighted by atomic mass is 9.56. The molecule has 33 heavy (non-hydrogen) atoms. The summed E-state index contributed by atoms with van der Waals surface area (Å²) in [6, 6.07) is 1.07. The summed E-state index contributed by atoms with van der Waals surface area (Å²) in [5.41, 5.74) is 0.824. The van der Waals surface area contributed by atoms with Crippen LogP contribution in [-0.4, -0.2) is 62.2 Å². The Morgan fingerprint density at radius 3 is 2.33 bits per heavy atom. The van der Waals surface area contributed by atoms with Crippen molar-refractivity contribution in [1.29, 1.82) is 0 Å². The fourth-order valence-corrected chi connectivity index (χ4v) is 6.87. The van der Waals surface area contributed by atoms with Crippen molar-refractivity contribution in [3.8, 4) is 0 Å². The van der Waals surface area contributed by atoms with Crippen LogP contribution in [0.15, 0.2) is 12.3 Å². The van der Waals surface area contributed by atoms with E-state index in [0.717, 1.165) is 75.8 Å². The quantitative estimate of drug-likeness (QED) is 0.766. The number of nitrogens with zero attached hydrogens (tertiary/aromatic N) is 5. The number of rotatable bonds is 4. The van der Waals surface area contributed by atoms with E-state index in [2.05, 4.69) is 15.2 Å². The molecule has 7 nitrogen and oxygen atoms in total. The summed E-state index contributed by atoms with van der Waals surface area (Å²) in [6.07, 6.45) is 8.21. The molecule has 174 valence electrons. The van der Waals surface area contributed by atoms with Gasteiger partial charge >= 0.3 is 6.03 Å². The second-order valence-corrected chi connectivity index (χ2v) is 11.5. The topological polar surface area (TPSA) is 78.0 Å². The van der Waals surface area contributed by atoms with Crippen LogP contribution in [0.1, 0.15) is 67.7 Å². The van der Waals surface area contributed by atoms with Crippen LogP contribution in [0, 0.1) is 28.4 Å². The van der Waals surface area contributed by atoms with Crippen molar-refractivity contribution in [3.63, 3.8) is 0 Å². The summed E-state index contributed by atoms with van der Waals surface area (Å²) in [4.78, 5) is 25.4. The molecule has 0 radical (unpaired) electrons. The summed E-state index contributed by atoms with van der Waals surface area (Å²) in [5, 5.41) is 7.54. The van der Waals surface area contributed by atoms with Gasteiger partial charge in [0.2, 0.25) is 0 Å². The summed E-state index contributed by atoms with van der Waals surface area (Å²) >= 11 is 0. The number of hydrogen-bond donors (Lipinski definition) is 1. The smallest absolute Gasteiger partial charge is 0.320 e. The number of aromatic amines is 1. The minimum Gasteiger partial charge on any atom is -0.323 e. The average molecular weight is 455 g/mol. The maximum atomic E-state index is 13.8. The molecule has 2 spiro atoms. The summed E-state index contributed by atoms with van der Waals surface area (Å²) in [6.45, 7) is 3.30. The molecule has 2 aromatic rings. The lowest BCUT2D eigenvalue weighted by molar-refractivity contribution is -0.101. The fraction of sp³-hybridized carbons (Fsp3) is 0.667. The van der Waals surface area contributed by atoms with Crippen LogP contribution in [0.3, 0.4) is 0 Å². The third kappa shape index (κ3) is 3.26. The molecule has 2 amide bonds. The summed E-state index contributed by atoms with van der Waals surface area (Å²) in [7, 11) is 0. The van der Waals surface area contributed by atoms with Gasteiger partial charge in [0.15, 0.2) is 5.82 Å². The maximum absolute atomic E-state index is 13.8. The Kier molecular flexibility index (Phi) is 4.05. The first-order valence-electron chi connectivity index (χ1n) is 12.2. The Hall–Kier alpha value is -2.58. The number of pyridine rings is 1. The molecule has 3 aliphatic carbocycles. The van der Waals surface area contributed by atoms with Crippen LogP contribution >= 0.6 is 0 Å². The van der Waals surface area contributed by atoms with Crippen molar-refractivity contribution in [3.05, 3.63) is 41.2 Å². The van der Waals surface area contributed by atoms with Crippen LogP contribution in [0.5, 0.6) is 0 Å². The van der Waals surface area contributed by atoms with Gasteiger partial charge in [0, 0.05) is 54.9 Å². The van der Waals surface area contributed by atoms with Gasteiger partial charge in [-0.1, -0.05) is 0 Å². The van der Waals surface area contributed by atoms with Gasteiger partial charge in [-0.3, -0.25) is 10.1 Å². The van der Waals surface area contributed by atoms with Gasteiger partial charge < -0.3 is 9.80 Å². The second-order valence-electron chi connectivity index (χ2n) is 11.5. The van der Waals surface area contributed by atoms with E-state index < -0.39 is 11.6 Å². The largest absolute Gasteiger partial charge is 0.323 e. The second kappa shape index (κ2) is 6.73. The Morgan fingerprint density at radius 2 is 1.70 bits per heavy atom. The minimum atomic E-state index is -0.639. The van der Waals surface area contributed by atoms with Gasteiger partial charge in [-0.15, -0.1) is 0 Å². The molecular formula is C24H28F2N6O. The highest BCUT2D eigenvalue weighted by Crippen LogP contribution is 2.57. The van der Waals surface area contributed by atoms with Crippen LogP contribution in [-0.2, 0) is 6.42 Å². The number of H-pyrrole nitrogens is 1. The molecule has 2 aliphatic heterocycles. The highest BCUT2D eigenvalue weighted by atomic mass is 19.1. The van der Waals surface area contributed by atoms with Crippen molar-refractivity contribution in [2.75, 3.05) is 26.2 Å². The first-order chi connectivity index (χ1) is 15.9. The zero-order valence-corrected chi connectivity index (χ0v) is 18.6. The van der Waals surface area contributed by atoms with Crippen LogP contribution in [0.25, 0.3) is 0 Å². The highest BCUT2D eigenvalue weighted by Gasteiger charge is 2.58. The molecule has 1 N–H and O–H groups in total.